The molecule has 0 radical (unpaired) electrons. The second kappa shape index (κ2) is 5.64. The zero-order valence-corrected chi connectivity index (χ0v) is 10.3. The van der Waals surface area contributed by atoms with Crippen LogP contribution in [0.2, 0.25) is 0 Å². The van der Waals surface area contributed by atoms with Crippen molar-refractivity contribution < 1.29 is 14.3 Å². The van der Waals surface area contributed by atoms with Crippen molar-refractivity contribution in [3.05, 3.63) is 29.8 Å². The van der Waals surface area contributed by atoms with Gasteiger partial charge in [-0.1, -0.05) is 0 Å². The number of carbonyl (C=O) groups excluding carboxylic acids is 2. The first-order chi connectivity index (χ1) is 8.72. The van der Waals surface area contributed by atoms with Crippen LogP contribution in [0.5, 0.6) is 0 Å². The Bertz CT molecular complexity index is 442. The molecule has 1 amide bonds. The lowest BCUT2D eigenvalue weighted by Gasteiger charge is -2.27. The Morgan fingerprint density at radius 3 is 2.72 bits per heavy atom. The van der Waals surface area contributed by atoms with E-state index >= 15 is 0 Å². The number of hydrogen-bond donors (Lipinski definition) is 1. The minimum atomic E-state index is -0.337. The molecule has 1 aliphatic rings. The standard InChI is InChI=1S/C13H16N2O3/c1-2-18-13(17)10-3-5-11(6-4-10)15-8-7-14-9-12(15)16/h3-6,14H,2,7-9H2,1H3. The molecule has 1 saturated heterocycles. The van der Waals surface area contributed by atoms with E-state index in [4.69, 9.17) is 4.74 Å². The zero-order chi connectivity index (χ0) is 13.0. The maximum Gasteiger partial charge on any atom is 0.338 e. The number of carbonyl (C=O) groups is 2. The first kappa shape index (κ1) is 12.6. The predicted octanol–water partition coefficient (Wildman–Crippen LogP) is 0.799. The van der Waals surface area contributed by atoms with Crippen LogP contribution in [0.15, 0.2) is 24.3 Å². The highest BCUT2D eigenvalue weighted by Crippen LogP contribution is 2.16. The van der Waals surface area contributed by atoms with Crippen molar-refractivity contribution in [2.45, 2.75) is 6.92 Å². The summed E-state index contributed by atoms with van der Waals surface area (Å²) in [4.78, 5) is 24.9. The number of rotatable bonds is 3. The van der Waals surface area contributed by atoms with Crippen molar-refractivity contribution in [1.29, 1.82) is 0 Å². The van der Waals surface area contributed by atoms with Gasteiger partial charge in [0, 0.05) is 18.8 Å². The van der Waals surface area contributed by atoms with Crippen LogP contribution in [0.4, 0.5) is 5.69 Å². The molecule has 96 valence electrons. The van der Waals surface area contributed by atoms with Gasteiger partial charge in [0.2, 0.25) is 5.91 Å². The summed E-state index contributed by atoms with van der Waals surface area (Å²) in [7, 11) is 0. The quantitative estimate of drug-likeness (QED) is 0.804. The molecule has 5 heteroatoms. The molecule has 1 aromatic carbocycles. The summed E-state index contributed by atoms with van der Waals surface area (Å²) in [5.41, 5.74) is 1.32. The Morgan fingerprint density at radius 1 is 1.39 bits per heavy atom. The summed E-state index contributed by atoms with van der Waals surface area (Å²) in [5.74, 6) is -0.291. The first-order valence-corrected chi connectivity index (χ1v) is 6.00. The van der Waals surface area contributed by atoms with Crippen LogP contribution in [0.3, 0.4) is 0 Å². The van der Waals surface area contributed by atoms with E-state index in [1.807, 2.05) is 0 Å². The summed E-state index contributed by atoms with van der Waals surface area (Å²) in [6.45, 7) is 3.92. The number of nitrogens with zero attached hydrogens (tertiary/aromatic N) is 1. The van der Waals surface area contributed by atoms with Crippen LogP contribution in [0, 0.1) is 0 Å². The fourth-order valence-corrected chi connectivity index (χ4v) is 1.87. The van der Waals surface area contributed by atoms with Gasteiger partial charge in [0.05, 0.1) is 18.7 Å². The van der Waals surface area contributed by atoms with Gasteiger partial charge in [-0.2, -0.15) is 0 Å². The van der Waals surface area contributed by atoms with Crippen LogP contribution in [0.1, 0.15) is 17.3 Å². The van der Waals surface area contributed by atoms with Gasteiger partial charge < -0.3 is 15.0 Å². The Labute approximate surface area is 106 Å². The average molecular weight is 248 g/mol. The molecule has 0 aromatic heterocycles. The van der Waals surface area contributed by atoms with E-state index in [0.717, 1.165) is 12.2 Å². The Balaban J connectivity index is 2.11. The third-order valence-corrected chi connectivity index (χ3v) is 2.78. The zero-order valence-electron chi connectivity index (χ0n) is 10.3. The van der Waals surface area contributed by atoms with Crippen molar-refractivity contribution in [2.24, 2.45) is 0 Å². The fourth-order valence-electron chi connectivity index (χ4n) is 1.87. The molecule has 1 heterocycles. The molecule has 0 bridgehead atoms. The third-order valence-electron chi connectivity index (χ3n) is 2.78. The highest BCUT2D eigenvalue weighted by Gasteiger charge is 2.19. The maximum atomic E-state index is 11.7. The molecule has 0 saturated carbocycles. The topological polar surface area (TPSA) is 58.6 Å². The Hall–Kier alpha value is -1.88. The maximum absolute atomic E-state index is 11.7. The number of ether oxygens (including phenoxy) is 1. The molecule has 2 rings (SSSR count). The van der Waals surface area contributed by atoms with E-state index in [0.29, 0.717) is 25.3 Å². The minimum absolute atomic E-state index is 0.0464. The van der Waals surface area contributed by atoms with E-state index in [2.05, 4.69) is 5.32 Å². The van der Waals surface area contributed by atoms with Crippen molar-refractivity contribution in [3.63, 3.8) is 0 Å². The molecule has 0 unspecified atom stereocenters. The number of anilines is 1. The molecule has 1 aromatic rings. The summed E-state index contributed by atoms with van der Waals surface area (Å²) in [5, 5.41) is 3.02. The monoisotopic (exact) mass is 248 g/mol. The lowest BCUT2D eigenvalue weighted by molar-refractivity contribution is -0.118. The van der Waals surface area contributed by atoms with Crippen molar-refractivity contribution in [2.75, 3.05) is 31.1 Å². The van der Waals surface area contributed by atoms with Crippen LogP contribution in [0.25, 0.3) is 0 Å². The number of esters is 1. The fraction of sp³-hybridized carbons (Fsp3) is 0.385. The van der Waals surface area contributed by atoms with Crippen molar-refractivity contribution >= 4 is 17.6 Å². The molecule has 1 N–H and O–H groups in total. The van der Waals surface area contributed by atoms with Gasteiger partial charge in [-0.05, 0) is 31.2 Å². The summed E-state index contributed by atoms with van der Waals surface area (Å²) in [6.07, 6.45) is 0. The number of nitrogens with one attached hydrogen (secondary N) is 1. The van der Waals surface area contributed by atoms with E-state index < -0.39 is 0 Å². The molecule has 1 fully saturated rings. The van der Waals surface area contributed by atoms with E-state index in [1.54, 1.807) is 36.1 Å². The Morgan fingerprint density at radius 2 is 2.11 bits per heavy atom. The lowest BCUT2D eigenvalue weighted by Crippen LogP contribution is -2.48. The summed E-state index contributed by atoms with van der Waals surface area (Å²) < 4.78 is 4.90. The number of benzene rings is 1. The molecule has 0 aliphatic carbocycles. The van der Waals surface area contributed by atoms with E-state index in [-0.39, 0.29) is 11.9 Å². The normalized spacial score (nSPS) is 15.6. The van der Waals surface area contributed by atoms with E-state index in [1.165, 1.54) is 0 Å². The van der Waals surface area contributed by atoms with Crippen LogP contribution >= 0.6 is 0 Å². The smallest absolute Gasteiger partial charge is 0.338 e. The number of piperazine rings is 1. The largest absolute Gasteiger partial charge is 0.462 e. The van der Waals surface area contributed by atoms with Crippen LogP contribution in [-0.2, 0) is 9.53 Å². The van der Waals surface area contributed by atoms with Gasteiger partial charge in [-0.15, -0.1) is 0 Å². The first-order valence-electron chi connectivity index (χ1n) is 6.00. The summed E-state index contributed by atoms with van der Waals surface area (Å²) in [6, 6.07) is 6.91. The third kappa shape index (κ3) is 2.68. The molecule has 0 spiro atoms. The second-order valence-electron chi connectivity index (χ2n) is 3.99. The number of amides is 1. The van der Waals surface area contributed by atoms with Gasteiger partial charge in [0.25, 0.3) is 0 Å². The molecule has 5 nitrogen and oxygen atoms in total. The van der Waals surface area contributed by atoms with Crippen LogP contribution < -0.4 is 10.2 Å². The Kier molecular flexibility index (Phi) is 3.94. The van der Waals surface area contributed by atoms with Gasteiger partial charge in [0.15, 0.2) is 0 Å². The number of hydrogen-bond acceptors (Lipinski definition) is 4. The molecular formula is C13H16N2O3. The lowest BCUT2D eigenvalue weighted by atomic mass is 10.2. The van der Waals surface area contributed by atoms with Crippen LogP contribution in [-0.4, -0.2) is 38.1 Å². The summed E-state index contributed by atoms with van der Waals surface area (Å²) >= 11 is 0. The molecular weight excluding hydrogens is 232 g/mol. The van der Waals surface area contributed by atoms with Gasteiger partial charge in [-0.3, -0.25) is 4.79 Å². The molecule has 0 atom stereocenters. The average Bonchev–Trinajstić information content (AvgIpc) is 2.40. The highest BCUT2D eigenvalue weighted by atomic mass is 16.5. The molecule has 1 aliphatic heterocycles. The minimum Gasteiger partial charge on any atom is -0.462 e. The predicted molar refractivity (Wildman–Crippen MR) is 67.6 cm³/mol. The van der Waals surface area contributed by atoms with Gasteiger partial charge in [-0.25, -0.2) is 4.79 Å². The van der Waals surface area contributed by atoms with Gasteiger partial charge >= 0.3 is 5.97 Å². The van der Waals surface area contributed by atoms with Crippen molar-refractivity contribution in [1.82, 2.24) is 5.32 Å². The van der Waals surface area contributed by atoms with Crippen molar-refractivity contribution in [3.8, 4) is 0 Å². The SMILES string of the molecule is CCOC(=O)c1ccc(N2CCNCC2=O)cc1. The second-order valence-corrected chi connectivity index (χ2v) is 3.99. The van der Waals surface area contributed by atoms with Gasteiger partial charge in [0.1, 0.15) is 0 Å². The highest BCUT2D eigenvalue weighted by molar-refractivity contribution is 5.96. The van der Waals surface area contributed by atoms with E-state index in [9.17, 15) is 9.59 Å². The molecule has 18 heavy (non-hydrogen) atoms.